The van der Waals surface area contributed by atoms with Crippen LogP contribution in [0.25, 0.3) is 0 Å². The number of methoxy groups -OCH3 is 1. The Kier molecular flexibility index (Phi) is 4.00. The third-order valence-corrected chi connectivity index (χ3v) is 6.83. The van der Waals surface area contributed by atoms with E-state index < -0.39 is 15.6 Å². The van der Waals surface area contributed by atoms with Crippen LogP contribution < -0.4 is 9.47 Å². The molecule has 2 aliphatic heterocycles. The van der Waals surface area contributed by atoms with E-state index in [0.717, 1.165) is 0 Å². The molecule has 1 unspecified atom stereocenters. The number of hydrogen-bond acceptors (Lipinski definition) is 5. The van der Waals surface area contributed by atoms with Gasteiger partial charge >= 0.3 is 0 Å². The van der Waals surface area contributed by atoms with Crippen LogP contribution in [-0.2, 0) is 10.0 Å². The summed E-state index contributed by atoms with van der Waals surface area (Å²) in [7, 11) is -2.12. The smallest absolute Gasteiger partial charge is 0.243 e. The maximum absolute atomic E-state index is 12.9. The van der Waals surface area contributed by atoms with E-state index in [4.69, 9.17) is 9.47 Å². The van der Waals surface area contributed by atoms with Crippen LogP contribution in [0.5, 0.6) is 11.5 Å². The molecule has 2 aromatic rings. The Morgan fingerprint density at radius 3 is 2.58 bits per heavy atom. The molecule has 7 heteroatoms. The summed E-state index contributed by atoms with van der Waals surface area (Å²) in [5.74, 6) is 1.13. The molecule has 2 aliphatic rings. The Bertz CT molecular complexity index is 954. The van der Waals surface area contributed by atoms with Crippen molar-refractivity contribution >= 4 is 15.8 Å². The lowest BCUT2D eigenvalue weighted by molar-refractivity contribution is 0.0498. The minimum Gasteiger partial charge on any atom is -0.497 e. The first-order chi connectivity index (χ1) is 12.4. The molecular formula is C19H19NO5S. The summed E-state index contributed by atoms with van der Waals surface area (Å²) in [5.41, 5.74) is -0.222. The van der Waals surface area contributed by atoms with Crippen molar-refractivity contribution in [3.05, 3.63) is 54.1 Å². The zero-order valence-corrected chi connectivity index (χ0v) is 15.2. The van der Waals surface area contributed by atoms with Gasteiger partial charge in [-0.25, -0.2) is 8.42 Å². The number of carbonyl (C=O) groups is 1. The van der Waals surface area contributed by atoms with Gasteiger partial charge in [-0.15, -0.1) is 0 Å². The Morgan fingerprint density at radius 2 is 1.85 bits per heavy atom. The summed E-state index contributed by atoms with van der Waals surface area (Å²) < 4.78 is 38.4. The fourth-order valence-electron chi connectivity index (χ4n) is 3.58. The largest absolute Gasteiger partial charge is 0.497 e. The molecule has 6 nitrogen and oxygen atoms in total. The second-order valence-corrected chi connectivity index (χ2v) is 8.58. The molecule has 2 aromatic carbocycles. The predicted molar refractivity (Wildman–Crippen MR) is 95.1 cm³/mol. The van der Waals surface area contributed by atoms with Crippen molar-refractivity contribution in [3.8, 4) is 11.5 Å². The summed E-state index contributed by atoms with van der Waals surface area (Å²) in [6.45, 7) is 0.491. The number of nitrogens with zero attached hydrogens (tertiary/aromatic N) is 1. The van der Waals surface area contributed by atoms with Gasteiger partial charge in [0.1, 0.15) is 17.1 Å². The average molecular weight is 373 g/mol. The Morgan fingerprint density at radius 1 is 1.12 bits per heavy atom. The molecule has 0 saturated carbocycles. The molecule has 0 amide bonds. The minimum atomic E-state index is -3.65. The van der Waals surface area contributed by atoms with Gasteiger partial charge in [0.15, 0.2) is 5.78 Å². The zero-order chi connectivity index (χ0) is 18.4. The summed E-state index contributed by atoms with van der Waals surface area (Å²) in [5, 5.41) is 0. The predicted octanol–water partition coefficient (Wildman–Crippen LogP) is 2.49. The van der Waals surface area contributed by atoms with Crippen LogP contribution in [0.15, 0.2) is 53.4 Å². The van der Waals surface area contributed by atoms with Gasteiger partial charge in [0.2, 0.25) is 10.0 Å². The Hall–Kier alpha value is -2.38. The van der Waals surface area contributed by atoms with Gasteiger partial charge in [0.05, 0.1) is 30.5 Å². The van der Waals surface area contributed by atoms with Crippen LogP contribution in [0.4, 0.5) is 0 Å². The Labute approximate surface area is 152 Å². The molecule has 1 spiro atoms. The van der Waals surface area contributed by atoms with E-state index >= 15 is 0 Å². The van der Waals surface area contributed by atoms with Gasteiger partial charge in [0.25, 0.3) is 0 Å². The van der Waals surface area contributed by atoms with Gasteiger partial charge < -0.3 is 9.47 Å². The molecule has 1 saturated heterocycles. The van der Waals surface area contributed by atoms with E-state index in [1.165, 1.54) is 23.5 Å². The summed E-state index contributed by atoms with van der Waals surface area (Å²) in [6, 6.07) is 13.4. The van der Waals surface area contributed by atoms with E-state index in [9.17, 15) is 13.2 Å². The van der Waals surface area contributed by atoms with Crippen molar-refractivity contribution in [1.82, 2.24) is 4.31 Å². The molecule has 4 rings (SSSR count). The van der Waals surface area contributed by atoms with Crippen LogP contribution in [0.1, 0.15) is 23.2 Å². The quantitative estimate of drug-likeness (QED) is 0.827. The first-order valence-electron chi connectivity index (χ1n) is 8.39. The zero-order valence-electron chi connectivity index (χ0n) is 14.3. The lowest BCUT2D eigenvalue weighted by atomic mass is 9.89. The van der Waals surface area contributed by atoms with Crippen LogP contribution in [0, 0.1) is 0 Å². The number of para-hydroxylation sites is 1. The summed E-state index contributed by atoms with van der Waals surface area (Å²) in [6.07, 6.45) is 0.682. The van der Waals surface area contributed by atoms with E-state index in [1.54, 1.807) is 30.3 Å². The van der Waals surface area contributed by atoms with Crippen LogP contribution in [-0.4, -0.2) is 44.3 Å². The highest BCUT2D eigenvalue weighted by atomic mass is 32.2. The van der Waals surface area contributed by atoms with Crippen molar-refractivity contribution in [2.75, 3.05) is 20.2 Å². The molecule has 0 aliphatic carbocycles. The number of Topliss-reactive ketones (excluding diaryl/α,β-unsaturated/α-hetero) is 1. The summed E-state index contributed by atoms with van der Waals surface area (Å²) in [4.78, 5) is 12.7. The monoisotopic (exact) mass is 373 g/mol. The number of rotatable bonds is 3. The molecule has 0 radical (unpaired) electrons. The number of benzene rings is 2. The maximum atomic E-state index is 12.9. The van der Waals surface area contributed by atoms with Gasteiger partial charge in [-0.2, -0.15) is 4.31 Å². The number of fused-ring (bicyclic) bond motifs is 1. The molecule has 2 heterocycles. The highest BCUT2D eigenvalue weighted by Crippen LogP contribution is 2.40. The fraction of sp³-hybridized carbons (Fsp3) is 0.316. The van der Waals surface area contributed by atoms with Gasteiger partial charge in [-0.3, -0.25) is 4.79 Å². The first-order valence-corrected chi connectivity index (χ1v) is 9.83. The van der Waals surface area contributed by atoms with Crippen molar-refractivity contribution < 1.29 is 22.7 Å². The number of hydrogen-bond donors (Lipinski definition) is 0. The Balaban J connectivity index is 1.59. The van der Waals surface area contributed by atoms with Crippen molar-refractivity contribution in [2.24, 2.45) is 0 Å². The maximum Gasteiger partial charge on any atom is 0.243 e. The van der Waals surface area contributed by atoms with Crippen LogP contribution in [0.3, 0.4) is 0 Å². The molecule has 26 heavy (non-hydrogen) atoms. The van der Waals surface area contributed by atoms with Crippen molar-refractivity contribution in [1.29, 1.82) is 0 Å². The molecule has 136 valence electrons. The van der Waals surface area contributed by atoms with Gasteiger partial charge in [0, 0.05) is 13.0 Å². The molecule has 0 bridgehead atoms. The molecule has 0 N–H and O–H groups in total. The first kappa shape index (κ1) is 17.1. The molecular weight excluding hydrogens is 354 g/mol. The van der Waals surface area contributed by atoms with E-state index in [-0.39, 0.29) is 23.6 Å². The van der Waals surface area contributed by atoms with E-state index in [1.807, 2.05) is 6.07 Å². The molecule has 1 atom stereocenters. The lowest BCUT2D eigenvalue weighted by Crippen LogP contribution is -2.45. The second-order valence-electron chi connectivity index (χ2n) is 6.65. The standard InChI is InChI=1S/C19H19NO5S/c1-24-14-6-8-15(9-7-14)26(22,23)20-11-10-19(13-20)12-17(21)16-4-2-3-5-18(16)25-19/h2-9H,10-13H2,1H3. The fourth-order valence-corrected chi connectivity index (χ4v) is 5.10. The van der Waals surface area contributed by atoms with Crippen LogP contribution in [0.2, 0.25) is 0 Å². The average Bonchev–Trinajstić information content (AvgIpc) is 3.05. The molecule has 1 fully saturated rings. The highest BCUT2D eigenvalue weighted by Gasteiger charge is 2.48. The number of ketones is 1. The van der Waals surface area contributed by atoms with Crippen molar-refractivity contribution in [2.45, 2.75) is 23.3 Å². The normalized spacial score (nSPS) is 22.9. The van der Waals surface area contributed by atoms with E-state index in [0.29, 0.717) is 30.0 Å². The number of sulfonamides is 1. The topological polar surface area (TPSA) is 72.9 Å². The minimum absolute atomic E-state index is 0.00412. The highest BCUT2D eigenvalue weighted by molar-refractivity contribution is 7.89. The number of carbonyl (C=O) groups excluding carboxylic acids is 1. The van der Waals surface area contributed by atoms with Gasteiger partial charge in [-0.1, -0.05) is 12.1 Å². The third-order valence-electron chi connectivity index (χ3n) is 4.98. The van der Waals surface area contributed by atoms with E-state index in [2.05, 4.69) is 0 Å². The summed E-state index contributed by atoms with van der Waals surface area (Å²) >= 11 is 0. The SMILES string of the molecule is COc1ccc(S(=O)(=O)N2CCC3(CC(=O)c4ccccc4O3)C2)cc1. The molecule has 0 aromatic heterocycles. The van der Waals surface area contributed by atoms with Crippen LogP contribution >= 0.6 is 0 Å². The lowest BCUT2D eigenvalue weighted by Gasteiger charge is -2.34. The van der Waals surface area contributed by atoms with Crippen molar-refractivity contribution in [3.63, 3.8) is 0 Å². The second kappa shape index (κ2) is 6.10. The van der Waals surface area contributed by atoms with Gasteiger partial charge in [-0.05, 0) is 36.4 Å². The third kappa shape index (κ3) is 2.77. The number of ether oxygens (including phenoxy) is 2.